The normalized spacial score (nSPS) is 14.7. The minimum absolute atomic E-state index is 0.0441. The summed E-state index contributed by atoms with van der Waals surface area (Å²) in [6.45, 7) is 5.73. The van der Waals surface area contributed by atoms with Crippen molar-refractivity contribution in [1.82, 2.24) is 21.3 Å². The lowest BCUT2D eigenvalue weighted by molar-refractivity contribution is -0.384. The monoisotopic (exact) mass is 638 g/mol. The molecule has 0 aliphatic carbocycles. The topological polar surface area (TPSA) is 283 Å². The Morgan fingerprint density at radius 2 is 1.36 bits per heavy atom. The van der Waals surface area contributed by atoms with Gasteiger partial charge >= 0.3 is 11.9 Å². The van der Waals surface area contributed by atoms with Crippen molar-refractivity contribution in [3.63, 3.8) is 0 Å². The molecule has 0 saturated heterocycles. The van der Waals surface area contributed by atoms with Crippen LogP contribution in [0.15, 0.2) is 24.3 Å². The molecule has 0 fully saturated rings. The van der Waals surface area contributed by atoms with E-state index in [-0.39, 0.29) is 17.3 Å². The summed E-state index contributed by atoms with van der Waals surface area (Å²) in [5.41, 5.74) is -0.232. The van der Waals surface area contributed by atoms with Gasteiger partial charge in [-0.3, -0.25) is 43.7 Å². The van der Waals surface area contributed by atoms with Crippen LogP contribution in [0.3, 0.4) is 0 Å². The molecule has 1 aromatic rings. The van der Waals surface area contributed by atoms with E-state index >= 15 is 0 Å². The largest absolute Gasteiger partial charge is 0.481 e. The van der Waals surface area contributed by atoms with Crippen molar-refractivity contribution in [1.29, 1.82) is 0 Å². The maximum absolute atomic E-state index is 13.2. The number of hydrogen-bond acceptors (Lipinski definition) is 10. The molecule has 0 radical (unpaired) electrons. The quantitative estimate of drug-likeness (QED) is 0.0729. The van der Waals surface area contributed by atoms with Gasteiger partial charge < -0.3 is 41.9 Å². The van der Waals surface area contributed by atoms with Crippen LogP contribution >= 0.6 is 0 Å². The standard InChI is InChI=1S/C27H38N6O12/c1-5-13(2)22(28-15(4)35)26(42)30-18(10-11-20(36)37)24(40)32-23(14(3)34)27(43)31-19(12-21(38)39)25(41)29-16-6-8-17(9-7-16)33(44)45/h6-9,13-14,18-19,22-23,34H,5,10-12H2,1-4H3,(H,28,35)(H,29,41)(H,30,42)(H,31,43)(H,32,40)(H,36,37)(H,38,39)/t13-,14-,18-,19-,22-,23-/m0/s1. The summed E-state index contributed by atoms with van der Waals surface area (Å²) in [5.74, 6) is -7.81. The zero-order chi connectivity index (χ0) is 34.4. The Kier molecular flexibility index (Phi) is 15.0. The summed E-state index contributed by atoms with van der Waals surface area (Å²) in [5, 5.41) is 51.0. The van der Waals surface area contributed by atoms with Crippen molar-refractivity contribution in [2.75, 3.05) is 5.32 Å². The summed E-state index contributed by atoms with van der Waals surface area (Å²) < 4.78 is 0. The Morgan fingerprint density at radius 3 is 1.82 bits per heavy atom. The van der Waals surface area contributed by atoms with Crippen LogP contribution in [0.5, 0.6) is 0 Å². The zero-order valence-electron chi connectivity index (χ0n) is 25.1. The van der Waals surface area contributed by atoms with Crippen LogP contribution < -0.4 is 26.6 Å². The smallest absolute Gasteiger partial charge is 0.305 e. The van der Waals surface area contributed by atoms with E-state index in [0.29, 0.717) is 6.42 Å². The van der Waals surface area contributed by atoms with E-state index in [4.69, 9.17) is 5.11 Å². The van der Waals surface area contributed by atoms with Crippen LogP contribution in [0.25, 0.3) is 0 Å². The summed E-state index contributed by atoms with van der Waals surface area (Å²) in [4.78, 5) is 96.5. The van der Waals surface area contributed by atoms with Gasteiger partial charge in [0.2, 0.25) is 29.5 Å². The van der Waals surface area contributed by atoms with E-state index < -0.39 is 95.9 Å². The molecule has 18 nitrogen and oxygen atoms in total. The molecule has 45 heavy (non-hydrogen) atoms. The third-order valence-corrected chi connectivity index (χ3v) is 6.55. The first kappa shape index (κ1) is 37.9. The lowest BCUT2D eigenvalue weighted by Crippen LogP contribution is -2.61. The van der Waals surface area contributed by atoms with E-state index in [1.165, 1.54) is 19.1 Å². The van der Waals surface area contributed by atoms with E-state index in [0.717, 1.165) is 19.1 Å². The summed E-state index contributed by atoms with van der Waals surface area (Å²) in [7, 11) is 0. The highest BCUT2D eigenvalue weighted by Crippen LogP contribution is 2.16. The van der Waals surface area contributed by atoms with Crippen molar-refractivity contribution in [2.45, 2.75) is 83.6 Å². The molecule has 0 aromatic heterocycles. The van der Waals surface area contributed by atoms with Gasteiger partial charge in [0, 0.05) is 31.2 Å². The van der Waals surface area contributed by atoms with E-state index in [9.17, 15) is 53.9 Å². The molecule has 0 spiro atoms. The Morgan fingerprint density at radius 1 is 0.800 bits per heavy atom. The Bertz CT molecular complexity index is 1270. The Labute approximate surface area is 257 Å². The number of carbonyl (C=O) groups is 7. The number of rotatable bonds is 18. The Hall–Kier alpha value is -5.13. The average Bonchev–Trinajstić information content (AvgIpc) is 2.95. The number of aliphatic hydroxyl groups excluding tert-OH is 1. The molecule has 0 aliphatic rings. The van der Waals surface area contributed by atoms with Crippen LogP contribution in [0.1, 0.15) is 53.4 Å². The van der Waals surface area contributed by atoms with Crippen LogP contribution in [-0.4, -0.2) is 92.0 Å². The number of aliphatic carboxylic acids is 2. The third-order valence-electron chi connectivity index (χ3n) is 6.55. The van der Waals surface area contributed by atoms with Crippen molar-refractivity contribution in [3.8, 4) is 0 Å². The second kappa shape index (κ2) is 17.9. The fourth-order valence-corrected chi connectivity index (χ4v) is 3.92. The molecule has 0 unspecified atom stereocenters. The number of anilines is 1. The molecule has 0 saturated carbocycles. The van der Waals surface area contributed by atoms with Gasteiger partial charge in [0.15, 0.2) is 0 Å². The summed E-state index contributed by atoms with van der Waals surface area (Å²) in [6, 6.07) is -1.63. The van der Waals surface area contributed by atoms with Crippen molar-refractivity contribution in [2.24, 2.45) is 5.92 Å². The van der Waals surface area contributed by atoms with E-state index in [1.807, 2.05) is 0 Å². The number of nitro groups is 1. The molecule has 1 rings (SSSR count). The van der Waals surface area contributed by atoms with Gasteiger partial charge in [-0.15, -0.1) is 0 Å². The molecule has 5 amide bonds. The van der Waals surface area contributed by atoms with Gasteiger partial charge in [-0.1, -0.05) is 20.3 Å². The lowest BCUT2D eigenvalue weighted by atomic mass is 9.97. The van der Waals surface area contributed by atoms with Gasteiger partial charge in [0.25, 0.3) is 5.69 Å². The first-order chi connectivity index (χ1) is 21.0. The second-order valence-electron chi connectivity index (χ2n) is 10.2. The number of nitrogens with zero attached hydrogens (tertiary/aromatic N) is 1. The molecule has 1 aromatic carbocycles. The number of hydrogen-bond donors (Lipinski definition) is 8. The predicted molar refractivity (Wildman–Crippen MR) is 155 cm³/mol. The number of carbonyl (C=O) groups excluding carboxylic acids is 5. The predicted octanol–water partition coefficient (Wildman–Crippen LogP) is -0.741. The van der Waals surface area contributed by atoms with Gasteiger partial charge in [0.05, 0.1) is 17.4 Å². The maximum atomic E-state index is 13.2. The fourth-order valence-electron chi connectivity index (χ4n) is 3.92. The number of nitro benzene ring substituents is 1. The second-order valence-corrected chi connectivity index (χ2v) is 10.2. The maximum Gasteiger partial charge on any atom is 0.305 e. The van der Waals surface area contributed by atoms with Gasteiger partial charge in [-0.2, -0.15) is 0 Å². The Balaban J connectivity index is 3.17. The van der Waals surface area contributed by atoms with Gasteiger partial charge in [-0.25, -0.2) is 0 Å². The number of non-ortho nitro benzene ring substituents is 1. The first-order valence-corrected chi connectivity index (χ1v) is 13.8. The molecule has 8 N–H and O–H groups in total. The zero-order valence-corrected chi connectivity index (χ0v) is 25.1. The first-order valence-electron chi connectivity index (χ1n) is 13.8. The van der Waals surface area contributed by atoms with Crippen LogP contribution in [0.2, 0.25) is 0 Å². The van der Waals surface area contributed by atoms with E-state index in [2.05, 4.69) is 26.6 Å². The fraction of sp³-hybridized carbons (Fsp3) is 0.519. The van der Waals surface area contributed by atoms with Crippen LogP contribution in [-0.2, 0) is 33.6 Å². The van der Waals surface area contributed by atoms with Crippen molar-refractivity contribution < 1.29 is 53.8 Å². The third kappa shape index (κ3) is 13.0. The molecule has 0 aliphatic heterocycles. The van der Waals surface area contributed by atoms with Crippen molar-refractivity contribution >= 4 is 52.8 Å². The molecular weight excluding hydrogens is 600 g/mol. The molecule has 0 heterocycles. The number of aliphatic hydroxyl groups is 1. The molecule has 0 bridgehead atoms. The number of benzene rings is 1. The van der Waals surface area contributed by atoms with Crippen LogP contribution in [0.4, 0.5) is 11.4 Å². The number of carboxylic acids is 2. The number of amides is 5. The van der Waals surface area contributed by atoms with Crippen LogP contribution in [0, 0.1) is 16.0 Å². The highest BCUT2D eigenvalue weighted by atomic mass is 16.6. The number of carboxylic acid groups (broad SMARTS) is 2. The van der Waals surface area contributed by atoms with Gasteiger partial charge in [-0.05, 0) is 31.4 Å². The molecule has 6 atom stereocenters. The lowest BCUT2D eigenvalue weighted by Gasteiger charge is -2.28. The SMILES string of the molecule is CC[C@H](C)[C@H](NC(C)=O)C(=O)N[C@@H](CCC(=O)O)C(=O)N[C@H](C(=O)N[C@@H](CC(=O)O)C(=O)Nc1ccc([N+](=O)[O-])cc1)[C@H](C)O. The van der Waals surface area contributed by atoms with Gasteiger partial charge in [0.1, 0.15) is 24.2 Å². The average molecular weight is 639 g/mol. The summed E-state index contributed by atoms with van der Waals surface area (Å²) in [6.07, 6.45) is -3.11. The molecule has 248 valence electrons. The minimum atomic E-state index is -1.80. The highest BCUT2D eigenvalue weighted by Gasteiger charge is 2.35. The number of nitrogens with one attached hydrogen (secondary N) is 5. The molecular formula is C27H38N6O12. The van der Waals surface area contributed by atoms with Crippen molar-refractivity contribution in [3.05, 3.63) is 34.4 Å². The minimum Gasteiger partial charge on any atom is -0.481 e. The highest BCUT2D eigenvalue weighted by molar-refractivity contribution is 6.00. The summed E-state index contributed by atoms with van der Waals surface area (Å²) >= 11 is 0. The van der Waals surface area contributed by atoms with E-state index in [1.54, 1.807) is 13.8 Å². The molecule has 18 heteroatoms.